The Morgan fingerprint density at radius 3 is 2.53 bits per heavy atom. The van der Waals surface area contributed by atoms with E-state index in [0.717, 1.165) is 0 Å². The van der Waals surface area contributed by atoms with Crippen molar-refractivity contribution in [3.63, 3.8) is 0 Å². The number of rotatable bonds is 4. The smallest absolute Gasteiger partial charge is 0.408 e. The average Bonchev–Trinajstić information content (AvgIpc) is 2.75. The van der Waals surface area contributed by atoms with Crippen LogP contribution >= 0.6 is 11.3 Å². The van der Waals surface area contributed by atoms with Gasteiger partial charge < -0.3 is 20.3 Å². The first kappa shape index (κ1) is 15.4. The number of aliphatic carboxylic acids is 1. The molecule has 3 N–H and O–H groups in total. The molecule has 0 saturated carbocycles. The second-order valence-corrected chi connectivity index (χ2v) is 5.54. The Labute approximate surface area is 114 Å². The van der Waals surface area contributed by atoms with Gasteiger partial charge in [0.2, 0.25) is 0 Å². The van der Waals surface area contributed by atoms with Crippen LogP contribution in [0.3, 0.4) is 0 Å². The lowest BCUT2D eigenvalue weighted by Crippen LogP contribution is -2.42. The van der Waals surface area contributed by atoms with Gasteiger partial charge in [-0.05, 0) is 20.8 Å². The maximum absolute atomic E-state index is 11.6. The minimum atomic E-state index is -1.80. The molecule has 0 unspecified atom stereocenters. The number of thiazole rings is 1. The summed E-state index contributed by atoms with van der Waals surface area (Å²) in [6, 6.07) is -1.15. The zero-order valence-electron chi connectivity index (χ0n) is 10.8. The Morgan fingerprint density at radius 2 is 2.11 bits per heavy atom. The molecule has 0 aliphatic rings. The van der Waals surface area contributed by atoms with Gasteiger partial charge in [-0.2, -0.15) is 0 Å². The minimum Gasteiger partial charge on any atom is -0.479 e. The van der Waals surface area contributed by atoms with Crippen molar-refractivity contribution >= 4 is 23.4 Å². The van der Waals surface area contributed by atoms with Crippen LogP contribution in [-0.4, -0.2) is 39.0 Å². The van der Waals surface area contributed by atoms with Gasteiger partial charge in [0.25, 0.3) is 0 Å². The molecule has 0 radical (unpaired) electrons. The number of carbonyl (C=O) groups is 2. The van der Waals surface area contributed by atoms with Crippen molar-refractivity contribution in [1.29, 1.82) is 0 Å². The molecule has 0 aliphatic heterocycles. The van der Waals surface area contributed by atoms with E-state index in [1.54, 1.807) is 26.2 Å². The van der Waals surface area contributed by atoms with Crippen LogP contribution in [-0.2, 0) is 9.53 Å². The van der Waals surface area contributed by atoms with Gasteiger partial charge >= 0.3 is 12.1 Å². The standard InChI is InChI=1S/C11H16N2O5S/c1-11(2,3)18-10(17)13-7(8(14)9(15)16)6-4-19-5-12-6/h4-5,7-8,14H,1-3H3,(H,13,17)(H,15,16)/t7-,8+/m0/s1. The first-order valence-electron chi connectivity index (χ1n) is 5.49. The number of ether oxygens (including phenoxy) is 1. The molecule has 0 aliphatic carbocycles. The predicted molar refractivity (Wildman–Crippen MR) is 67.9 cm³/mol. The summed E-state index contributed by atoms with van der Waals surface area (Å²) in [5.41, 5.74) is 1.03. The Hall–Kier alpha value is -1.67. The van der Waals surface area contributed by atoms with Crippen molar-refractivity contribution in [1.82, 2.24) is 10.3 Å². The second kappa shape index (κ2) is 5.98. The molecule has 1 heterocycles. The molecule has 2 atom stereocenters. The zero-order chi connectivity index (χ0) is 14.6. The summed E-state index contributed by atoms with van der Waals surface area (Å²) in [4.78, 5) is 26.4. The molecule has 1 aromatic heterocycles. The van der Waals surface area contributed by atoms with Crippen molar-refractivity contribution in [3.8, 4) is 0 Å². The van der Waals surface area contributed by atoms with E-state index >= 15 is 0 Å². The molecule has 1 amide bonds. The van der Waals surface area contributed by atoms with Crippen LogP contribution < -0.4 is 5.32 Å². The number of carboxylic acids is 1. The maximum atomic E-state index is 11.6. The number of nitrogens with zero attached hydrogens (tertiary/aromatic N) is 1. The largest absolute Gasteiger partial charge is 0.479 e. The molecule has 0 fully saturated rings. The highest BCUT2D eigenvalue weighted by Crippen LogP contribution is 2.18. The highest BCUT2D eigenvalue weighted by Gasteiger charge is 2.31. The summed E-state index contributed by atoms with van der Waals surface area (Å²) in [5.74, 6) is -1.45. The van der Waals surface area contributed by atoms with Crippen LogP contribution in [0.2, 0.25) is 0 Å². The quantitative estimate of drug-likeness (QED) is 0.767. The number of carbonyl (C=O) groups excluding carboxylic acids is 1. The minimum absolute atomic E-state index is 0.269. The number of aliphatic hydroxyl groups excluding tert-OH is 1. The van der Waals surface area contributed by atoms with Gasteiger partial charge in [-0.15, -0.1) is 11.3 Å². The van der Waals surface area contributed by atoms with Crippen LogP contribution in [0.5, 0.6) is 0 Å². The van der Waals surface area contributed by atoms with Gasteiger partial charge in [-0.3, -0.25) is 0 Å². The highest BCUT2D eigenvalue weighted by atomic mass is 32.1. The van der Waals surface area contributed by atoms with Crippen molar-refractivity contribution < 1.29 is 24.5 Å². The maximum Gasteiger partial charge on any atom is 0.408 e. The van der Waals surface area contributed by atoms with E-state index in [1.165, 1.54) is 16.8 Å². The van der Waals surface area contributed by atoms with E-state index in [0.29, 0.717) is 0 Å². The number of aliphatic hydroxyl groups is 1. The highest BCUT2D eigenvalue weighted by molar-refractivity contribution is 7.07. The van der Waals surface area contributed by atoms with E-state index < -0.39 is 29.8 Å². The summed E-state index contributed by atoms with van der Waals surface area (Å²) >= 11 is 1.23. The number of amides is 1. The molecular weight excluding hydrogens is 272 g/mol. The first-order chi connectivity index (χ1) is 8.70. The van der Waals surface area contributed by atoms with Crippen LogP contribution in [0.1, 0.15) is 32.5 Å². The third-order valence-electron chi connectivity index (χ3n) is 2.01. The summed E-state index contributed by atoms with van der Waals surface area (Å²) < 4.78 is 5.02. The van der Waals surface area contributed by atoms with Crippen LogP contribution in [0, 0.1) is 0 Å². The lowest BCUT2D eigenvalue weighted by atomic mass is 10.1. The third-order valence-corrected chi connectivity index (χ3v) is 2.62. The lowest BCUT2D eigenvalue weighted by molar-refractivity contribution is -0.148. The predicted octanol–water partition coefficient (Wildman–Crippen LogP) is 1.15. The van der Waals surface area contributed by atoms with Crippen LogP contribution in [0.15, 0.2) is 10.9 Å². The monoisotopic (exact) mass is 288 g/mol. The number of carboxylic acid groups (broad SMARTS) is 1. The molecule has 8 heteroatoms. The van der Waals surface area contributed by atoms with Gasteiger partial charge in [0.1, 0.15) is 11.6 Å². The fourth-order valence-electron chi connectivity index (χ4n) is 1.27. The normalized spacial score (nSPS) is 14.5. The van der Waals surface area contributed by atoms with Gasteiger partial charge in [-0.1, -0.05) is 0 Å². The van der Waals surface area contributed by atoms with E-state index in [2.05, 4.69) is 10.3 Å². The molecule has 0 bridgehead atoms. The summed E-state index contributed by atoms with van der Waals surface area (Å²) in [5, 5.41) is 22.3. The summed E-state index contributed by atoms with van der Waals surface area (Å²) in [7, 11) is 0. The van der Waals surface area contributed by atoms with E-state index in [1.807, 2.05) is 0 Å². The summed E-state index contributed by atoms with van der Waals surface area (Å²) in [6.07, 6.45) is -2.61. The Kier molecular flexibility index (Phi) is 4.84. The molecule has 7 nitrogen and oxygen atoms in total. The van der Waals surface area contributed by atoms with Crippen molar-refractivity contribution in [2.75, 3.05) is 0 Å². The number of aromatic nitrogens is 1. The third kappa shape index (κ3) is 4.84. The zero-order valence-corrected chi connectivity index (χ0v) is 11.6. The summed E-state index contributed by atoms with van der Waals surface area (Å²) in [6.45, 7) is 5.04. The van der Waals surface area contributed by atoms with Crippen LogP contribution in [0.25, 0.3) is 0 Å². The molecule has 19 heavy (non-hydrogen) atoms. The van der Waals surface area contributed by atoms with E-state index in [9.17, 15) is 14.7 Å². The fraction of sp³-hybridized carbons (Fsp3) is 0.545. The number of hydrogen-bond donors (Lipinski definition) is 3. The fourth-order valence-corrected chi connectivity index (χ4v) is 1.86. The SMILES string of the molecule is CC(C)(C)OC(=O)N[C@@H](c1cscn1)[C@@H](O)C(=O)O. The Bertz CT molecular complexity index is 440. The molecular formula is C11H16N2O5S. The van der Waals surface area contributed by atoms with Crippen molar-refractivity contribution in [2.24, 2.45) is 0 Å². The van der Waals surface area contributed by atoms with Gasteiger partial charge in [-0.25, -0.2) is 14.6 Å². The van der Waals surface area contributed by atoms with Gasteiger partial charge in [0, 0.05) is 5.38 Å². The Balaban J connectivity index is 2.82. The molecule has 0 aromatic carbocycles. The molecule has 1 aromatic rings. The molecule has 0 spiro atoms. The first-order valence-corrected chi connectivity index (χ1v) is 6.43. The van der Waals surface area contributed by atoms with Gasteiger partial charge in [0.15, 0.2) is 6.10 Å². The van der Waals surface area contributed by atoms with E-state index in [4.69, 9.17) is 9.84 Å². The average molecular weight is 288 g/mol. The number of alkyl carbamates (subject to hydrolysis) is 1. The topological polar surface area (TPSA) is 109 Å². The number of hydrogen-bond acceptors (Lipinski definition) is 6. The van der Waals surface area contributed by atoms with Crippen molar-refractivity contribution in [2.45, 2.75) is 38.5 Å². The van der Waals surface area contributed by atoms with Crippen molar-refractivity contribution in [3.05, 3.63) is 16.6 Å². The molecule has 106 valence electrons. The van der Waals surface area contributed by atoms with Gasteiger partial charge in [0.05, 0.1) is 11.2 Å². The van der Waals surface area contributed by atoms with Crippen LogP contribution in [0.4, 0.5) is 4.79 Å². The molecule has 1 rings (SSSR count). The second-order valence-electron chi connectivity index (χ2n) is 4.82. The number of nitrogens with one attached hydrogen (secondary N) is 1. The molecule has 0 saturated heterocycles. The van der Waals surface area contributed by atoms with E-state index in [-0.39, 0.29) is 5.69 Å². The lowest BCUT2D eigenvalue weighted by Gasteiger charge is -2.24. The Morgan fingerprint density at radius 1 is 1.47 bits per heavy atom.